The Morgan fingerprint density at radius 2 is 2.04 bits per heavy atom. The minimum atomic E-state index is -0.457. The number of carbonyl (C=O) groups excluding carboxylic acids is 2. The lowest BCUT2D eigenvalue weighted by Gasteiger charge is -2.28. The number of halogens is 1. The lowest BCUT2D eigenvalue weighted by Crippen LogP contribution is -2.46. The van der Waals surface area contributed by atoms with Gasteiger partial charge >= 0.3 is 5.97 Å². The number of carbonyl (C=O) groups is 2. The zero-order valence-corrected chi connectivity index (χ0v) is 15.3. The summed E-state index contributed by atoms with van der Waals surface area (Å²) in [5, 5.41) is 3.11. The fourth-order valence-corrected chi connectivity index (χ4v) is 3.24. The van der Waals surface area contributed by atoms with Gasteiger partial charge in [-0.3, -0.25) is 9.59 Å². The summed E-state index contributed by atoms with van der Waals surface area (Å²) in [5.41, 5.74) is 2.40. The van der Waals surface area contributed by atoms with Gasteiger partial charge < -0.3 is 14.8 Å². The second-order valence-corrected chi connectivity index (χ2v) is 6.01. The summed E-state index contributed by atoms with van der Waals surface area (Å²) in [6, 6.07) is 6.88. The molecule has 0 amide bonds. The van der Waals surface area contributed by atoms with Crippen molar-refractivity contribution in [2.24, 2.45) is 5.92 Å². The lowest BCUT2D eigenvalue weighted by atomic mass is 9.84. The summed E-state index contributed by atoms with van der Waals surface area (Å²) < 4.78 is 10.7. The molecule has 1 N–H and O–H groups in total. The highest BCUT2D eigenvalue weighted by Gasteiger charge is 2.33. The Bertz CT molecular complexity index is 644. The van der Waals surface area contributed by atoms with Gasteiger partial charge in [-0.1, -0.05) is 29.8 Å². The van der Waals surface area contributed by atoms with Crippen molar-refractivity contribution in [2.75, 3.05) is 19.8 Å². The van der Waals surface area contributed by atoms with E-state index in [2.05, 4.69) is 5.32 Å². The summed E-state index contributed by atoms with van der Waals surface area (Å²) in [7, 11) is 0. The zero-order chi connectivity index (χ0) is 18.2. The predicted molar refractivity (Wildman–Crippen MR) is 97.6 cm³/mol. The smallest absolute Gasteiger partial charge is 0.323 e. The number of Topliss-reactive ketones (excluding diaryl/α,β-unsaturated/α-hetero) is 1. The number of ether oxygens (including phenoxy) is 2. The molecule has 1 aromatic carbocycles. The van der Waals surface area contributed by atoms with E-state index in [0.717, 1.165) is 0 Å². The van der Waals surface area contributed by atoms with Gasteiger partial charge in [0.15, 0.2) is 5.78 Å². The summed E-state index contributed by atoms with van der Waals surface area (Å²) in [6.45, 7) is 5.06. The molecule has 6 heteroatoms. The van der Waals surface area contributed by atoms with Crippen molar-refractivity contribution in [3.63, 3.8) is 0 Å². The van der Waals surface area contributed by atoms with Crippen LogP contribution in [-0.2, 0) is 14.3 Å². The first kappa shape index (κ1) is 19.5. The van der Waals surface area contributed by atoms with Gasteiger partial charge in [0.2, 0.25) is 0 Å². The molecule has 1 aromatic rings. The molecule has 1 saturated heterocycles. The highest BCUT2D eigenvalue weighted by Crippen LogP contribution is 2.32. The van der Waals surface area contributed by atoms with Crippen LogP contribution in [0.25, 0.3) is 5.57 Å². The molecular formula is C19H24ClNO4. The first-order valence-corrected chi connectivity index (χ1v) is 9.02. The van der Waals surface area contributed by atoms with Crippen LogP contribution in [0.3, 0.4) is 0 Å². The standard InChI is InChI=1S/C19H24ClNO4/c1-3-24-17-8-6-5-7-14(17)15(12-20)18(22)13-9-10-21-16(11-13)19(23)25-4-2/h5-8,12-13,16,21H,3-4,9-11H2,1-2H3/b15-12+. The number of nitrogens with one attached hydrogen (secondary N) is 1. The summed E-state index contributed by atoms with van der Waals surface area (Å²) in [4.78, 5) is 25.0. The van der Waals surface area contributed by atoms with Gasteiger partial charge in [-0.25, -0.2) is 0 Å². The molecule has 0 spiro atoms. The van der Waals surface area contributed by atoms with E-state index in [1.165, 1.54) is 5.54 Å². The molecule has 0 saturated carbocycles. The van der Waals surface area contributed by atoms with Crippen LogP contribution in [0.5, 0.6) is 5.75 Å². The maximum Gasteiger partial charge on any atom is 0.323 e. The Labute approximate surface area is 153 Å². The molecule has 136 valence electrons. The van der Waals surface area contributed by atoms with Gasteiger partial charge in [0.25, 0.3) is 0 Å². The molecule has 2 unspecified atom stereocenters. The number of piperidine rings is 1. The third-order valence-corrected chi connectivity index (χ3v) is 4.42. The molecule has 1 fully saturated rings. The van der Waals surface area contributed by atoms with Gasteiger partial charge in [-0.05, 0) is 39.3 Å². The number of benzene rings is 1. The first-order chi connectivity index (χ1) is 12.1. The molecule has 0 aliphatic carbocycles. The van der Waals surface area contributed by atoms with Crippen LogP contribution in [0.2, 0.25) is 0 Å². The normalized spacial score (nSPS) is 20.8. The number of hydrogen-bond acceptors (Lipinski definition) is 5. The predicted octanol–water partition coefficient (Wildman–Crippen LogP) is 3.17. The number of hydrogen-bond donors (Lipinski definition) is 1. The fourth-order valence-electron chi connectivity index (χ4n) is 3.01. The highest BCUT2D eigenvalue weighted by atomic mass is 35.5. The topological polar surface area (TPSA) is 64.6 Å². The van der Waals surface area contributed by atoms with Crippen LogP contribution in [0.15, 0.2) is 29.8 Å². The van der Waals surface area contributed by atoms with Gasteiger partial charge in [0.05, 0.1) is 13.2 Å². The van der Waals surface area contributed by atoms with Crippen LogP contribution in [-0.4, -0.2) is 37.6 Å². The van der Waals surface area contributed by atoms with Crippen LogP contribution in [0.1, 0.15) is 32.3 Å². The SMILES string of the molecule is CCOC(=O)C1CC(C(=O)/C(=C/Cl)c2ccccc2OCC)CCN1. The Morgan fingerprint density at radius 3 is 2.72 bits per heavy atom. The average Bonchev–Trinajstić information content (AvgIpc) is 2.64. The minimum Gasteiger partial charge on any atom is -0.493 e. The molecule has 25 heavy (non-hydrogen) atoms. The molecule has 1 aliphatic rings. The van der Waals surface area contributed by atoms with Crippen molar-refractivity contribution < 1.29 is 19.1 Å². The maximum absolute atomic E-state index is 13.0. The average molecular weight is 366 g/mol. The third kappa shape index (κ3) is 4.83. The monoisotopic (exact) mass is 365 g/mol. The summed E-state index contributed by atoms with van der Waals surface area (Å²) in [5.74, 6) is -0.0412. The first-order valence-electron chi connectivity index (χ1n) is 8.59. The molecule has 2 atom stereocenters. The molecule has 0 bridgehead atoms. The second-order valence-electron chi connectivity index (χ2n) is 5.80. The summed E-state index contributed by atoms with van der Waals surface area (Å²) in [6.07, 6.45) is 1.06. The van der Waals surface area contributed by atoms with Gasteiger partial charge in [-0.2, -0.15) is 0 Å². The van der Waals surface area contributed by atoms with E-state index in [4.69, 9.17) is 21.1 Å². The van der Waals surface area contributed by atoms with Crippen molar-refractivity contribution in [3.8, 4) is 5.75 Å². The Morgan fingerprint density at radius 1 is 1.28 bits per heavy atom. The van der Waals surface area contributed by atoms with Crippen LogP contribution in [0, 0.1) is 5.92 Å². The number of para-hydroxylation sites is 1. The lowest BCUT2D eigenvalue weighted by molar-refractivity contribution is -0.146. The molecule has 2 rings (SSSR count). The second kappa shape index (κ2) is 9.59. The van der Waals surface area contributed by atoms with Crippen molar-refractivity contribution in [1.82, 2.24) is 5.32 Å². The largest absolute Gasteiger partial charge is 0.493 e. The van der Waals surface area contributed by atoms with E-state index < -0.39 is 6.04 Å². The number of ketones is 1. The van der Waals surface area contributed by atoms with E-state index in [1.54, 1.807) is 6.92 Å². The van der Waals surface area contributed by atoms with Gasteiger partial charge in [0.1, 0.15) is 11.8 Å². The quantitative estimate of drug-likeness (QED) is 0.594. The van der Waals surface area contributed by atoms with E-state index >= 15 is 0 Å². The highest BCUT2D eigenvalue weighted by molar-refractivity contribution is 6.36. The number of allylic oxidation sites excluding steroid dienone is 1. The number of rotatable bonds is 7. The Balaban J connectivity index is 2.19. The van der Waals surface area contributed by atoms with Gasteiger partial charge in [0, 0.05) is 22.6 Å². The Hall–Kier alpha value is -1.85. The zero-order valence-electron chi connectivity index (χ0n) is 14.6. The van der Waals surface area contributed by atoms with Gasteiger partial charge in [-0.15, -0.1) is 0 Å². The third-order valence-electron chi connectivity index (χ3n) is 4.20. The van der Waals surface area contributed by atoms with E-state index in [-0.39, 0.29) is 17.7 Å². The molecule has 5 nitrogen and oxygen atoms in total. The van der Waals surface area contributed by atoms with Crippen molar-refractivity contribution in [2.45, 2.75) is 32.7 Å². The van der Waals surface area contributed by atoms with Crippen LogP contribution >= 0.6 is 11.6 Å². The van der Waals surface area contributed by atoms with E-state index in [9.17, 15) is 9.59 Å². The van der Waals surface area contributed by atoms with E-state index in [0.29, 0.717) is 49.5 Å². The summed E-state index contributed by atoms with van der Waals surface area (Å²) >= 11 is 5.99. The molecule has 0 aromatic heterocycles. The van der Waals surface area contributed by atoms with E-state index in [1.807, 2.05) is 31.2 Å². The molecule has 0 radical (unpaired) electrons. The van der Waals surface area contributed by atoms with Crippen molar-refractivity contribution >= 4 is 28.9 Å². The molecular weight excluding hydrogens is 342 g/mol. The number of esters is 1. The van der Waals surface area contributed by atoms with Crippen molar-refractivity contribution in [1.29, 1.82) is 0 Å². The minimum absolute atomic E-state index is 0.0713. The molecule has 1 heterocycles. The Kier molecular flexibility index (Phi) is 7.47. The van der Waals surface area contributed by atoms with Crippen LogP contribution < -0.4 is 10.1 Å². The van der Waals surface area contributed by atoms with Crippen LogP contribution in [0.4, 0.5) is 0 Å². The maximum atomic E-state index is 13.0. The fraction of sp³-hybridized carbons (Fsp3) is 0.474. The van der Waals surface area contributed by atoms with Crippen molar-refractivity contribution in [3.05, 3.63) is 35.4 Å². The molecule has 1 aliphatic heterocycles.